The van der Waals surface area contributed by atoms with Crippen molar-refractivity contribution in [1.82, 2.24) is 4.90 Å². The van der Waals surface area contributed by atoms with Gasteiger partial charge in [0.15, 0.2) is 11.5 Å². The normalized spacial score (nSPS) is 13.6. The van der Waals surface area contributed by atoms with E-state index in [4.69, 9.17) is 0 Å². The predicted molar refractivity (Wildman–Crippen MR) is 150 cm³/mol. The van der Waals surface area contributed by atoms with Gasteiger partial charge in [0.25, 0.3) is 0 Å². The Balaban J connectivity index is 2.59. The number of benzene rings is 1. The van der Waals surface area contributed by atoms with Gasteiger partial charge in [0.1, 0.15) is 0 Å². The largest absolute Gasteiger partial charge is 0.504 e. The Kier molecular flexibility index (Phi) is 13.9. The van der Waals surface area contributed by atoms with Gasteiger partial charge in [-0.2, -0.15) is 0 Å². The molecule has 0 spiro atoms. The van der Waals surface area contributed by atoms with Crippen LogP contribution in [0.1, 0.15) is 98.7 Å². The minimum Gasteiger partial charge on any atom is -0.504 e. The first-order valence-electron chi connectivity index (χ1n) is 13.0. The highest BCUT2D eigenvalue weighted by Crippen LogP contribution is 2.28. The van der Waals surface area contributed by atoms with Crippen LogP contribution in [0.25, 0.3) is 0 Å². The molecule has 0 fully saturated rings. The fourth-order valence-corrected chi connectivity index (χ4v) is 3.85. The maximum absolute atomic E-state index is 12.9. The minimum atomic E-state index is -0.966. The number of carbonyl (C=O) groups excluding carboxylic acids is 1. The molecule has 0 aliphatic heterocycles. The first-order chi connectivity index (χ1) is 16.9. The molecule has 1 amide bonds. The number of phenolic OH excluding ortho intramolecular Hbond substituents is 2. The van der Waals surface area contributed by atoms with Crippen LogP contribution in [-0.4, -0.2) is 38.7 Å². The smallest absolute Gasteiger partial charge is 0.246 e. The van der Waals surface area contributed by atoms with Crippen LogP contribution in [0, 0.1) is 0 Å². The molecule has 200 valence electrons. The number of amides is 1. The van der Waals surface area contributed by atoms with Gasteiger partial charge in [0, 0.05) is 12.1 Å². The maximum atomic E-state index is 12.9. The van der Waals surface area contributed by atoms with Crippen LogP contribution in [0.3, 0.4) is 0 Å². The lowest BCUT2D eigenvalue weighted by Gasteiger charge is -2.28. The number of aromatic hydroxyl groups is 2. The van der Waals surface area contributed by atoms with Crippen LogP contribution >= 0.6 is 0 Å². The van der Waals surface area contributed by atoms with Crippen molar-refractivity contribution in [2.75, 3.05) is 6.54 Å². The standard InChI is InChI=1S/C31H47NO4/c1-22(2)11-8-12-24(5)13-9-14-25(6)15-10-16-26(7)19-31(36)32(23(3)4)21-30(35)27-17-18-28(33)29(34)20-27/h11,13,15,17-20,23,30,33-35H,8-10,12,14,16,21H2,1-7H3. The summed E-state index contributed by atoms with van der Waals surface area (Å²) >= 11 is 0. The van der Waals surface area contributed by atoms with E-state index in [0.717, 1.165) is 44.1 Å². The Hall–Kier alpha value is -2.79. The minimum absolute atomic E-state index is 0.0948. The summed E-state index contributed by atoms with van der Waals surface area (Å²) in [6.45, 7) is 14.5. The molecule has 0 bridgehead atoms. The van der Waals surface area contributed by atoms with Crippen LogP contribution in [0.5, 0.6) is 11.5 Å². The van der Waals surface area contributed by atoms with E-state index < -0.39 is 6.10 Å². The maximum Gasteiger partial charge on any atom is 0.246 e. The third-order valence-electron chi connectivity index (χ3n) is 6.18. The highest BCUT2D eigenvalue weighted by molar-refractivity contribution is 5.88. The number of rotatable bonds is 14. The molecular formula is C31H47NO4. The van der Waals surface area contributed by atoms with E-state index in [0.29, 0.717) is 5.56 Å². The molecular weight excluding hydrogens is 450 g/mol. The monoisotopic (exact) mass is 497 g/mol. The lowest BCUT2D eigenvalue weighted by Crippen LogP contribution is -2.39. The molecule has 0 saturated carbocycles. The van der Waals surface area contributed by atoms with Gasteiger partial charge in [-0.1, -0.05) is 46.6 Å². The first kappa shape index (κ1) is 31.2. The molecule has 0 saturated heterocycles. The van der Waals surface area contributed by atoms with Gasteiger partial charge in [0.2, 0.25) is 5.91 Å². The third kappa shape index (κ3) is 12.3. The molecule has 5 nitrogen and oxygen atoms in total. The van der Waals surface area contributed by atoms with Crippen LogP contribution in [0.15, 0.2) is 64.8 Å². The highest BCUT2D eigenvalue weighted by Gasteiger charge is 2.21. The van der Waals surface area contributed by atoms with E-state index in [1.54, 1.807) is 17.0 Å². The van der Waals surface area contributed by atoms with Crippen molar-refractivity contribution < 1.29 is 20.1 Å². The van der Waals surface area contributed by atoms with E-state index in [1.165, 1.54) is 28.9 Å². The Morgan fingerprint density at radius 1 is 0.833 bits per heavy atom. The SMILES string of the molecule is CC(C)=CCCC(C)=CCCC(C)=CCCC(C)=CC(=O)N(CC(O)c1ccc(O)c(O)c1)C(C)C. The second-order valence-corrected chi connectivity index (χ2v) is 10.3. The quantitative estimate of drug-likeness (QED) is 0.141. The van der Waals surface area contributed by atoms with E-state index >= 15 is 0 Å². The van der Waals surface area contributed by atoms with Crippen molar-refractivity contribution in [1.29, 1.82) is 0 Å². The molecule has 0 aromatic heterocycles. The summed E-state index contributed by atoms with van der Waals surface area (Å²) in [6, 6.07) is 4.10. The van der Waals surface area contributed by atoms with Gasteiger partial charge in [-0.25, -0.2) is 0 Å². The fraction of sp³-hybridized carbons (Fsp3) is 0.516. The van der Waals surface area contributed by atoms with Crippen molar-refractivity contribution in [3.05, 3.63) is 70.4 Å². The first-order valence-corrected chi connectivity index (χ1v) is 13.0. The van der Waals surface area contributed by atoms with E-state index in [9.17, 15) is 20.1 Å². The fourth-order valence-electron chi connectivity index (χ4n) is 3.85. The van der Waals surface area contributed by atoms with Crippen LogP contribution < -0.4 is 0 Å². The van der Waals surface area contributed by atoms with Gasteiger partial charge < -0.3 is 20.2 Å². The number of aliphatic hydroxyl groups excluding tert-OH is 1. The molecule has 1 aromatic rings. The number of hydrogen-bond donors (Lipinski definition) is 3. The van der Waals surface area contributed by atoms with Crippen molar-refractivity contribution in [2.45, 2.75) is 99.1 Å². The number of hydrogen-bond acceptors (Lipinski definition) is 4. The Labute approximate surface area is 218 Å². The molecule has 0 radical (unpaired) electrons. The summed E-state index contributed by atoms with van der Waals surface area (Å²) in [6.07, 6.45) is 13.6. The highest BCUT2D eigenvalue weighted by atomic mass is 16.3. The topological polar surface area (TPSA) is 81.0 Å². The van der Waals surface area contributed by atoms with Crippen molar-refractivity contribution in [3.8, 4) is 11.5 Å². The average Bonchev–Trinajstić information content (AvgIpc) is 2.78. The molecule has 1 unspecified atom stereocenters. The summed E-state index contributed by atoms with van der Waals surface area (Å²) in [4.78, 5) is 14.5. The zero-order valence-electron chi connectivity index (χ0n) is 23.3. The van der Waals surface area contributed by atoms with Crippen LogP contribution in [-0.2, 0) is 4.79 Å². The zero-order chi connectivity index (χ0) is 27.3. The van der Waals surface area contributed by atoms with E-state index in [1.807, 2.05) is 20.8 Å². The van der Waals surface area contributed by atoms with Gasteiger partial charge in [-0.05, 0) is 105 Å². The number of nitrogens with zero attached hydrogens (tertiary/aromatic N) is 1. The van der Waals surface area contributed by atoms with Gasteiger partial charge in [0.05, 0.1) is 12.6 Å². The Bertz CT molecular complexity index is 965. The van der Waals surface area contributed by atoms with Crippen LogP contribution in [0.4, 0.5) is 0 Å². The van der Waals surface area contributed by atoms with Gasteiger partial charge in [-0.3, -0.25) is 4.79 Å². The van der Waals surface area contributed by atoms with Gasteiger partial charge in [-0.15, -0.1) is 0 Å². The molecule has 0 heterocycles. The van der Waals surface area contributed by atoms with Crippen molar-refractivity contribution in [2.24, 2.45) is 0 Å². The second kappa shape index (κ2) is 16.1. The number of allylic oxidation sites excluding steroid dienone is 7. The lowest BCUT2D eigenvalue weighted by atomic mass is 10.0. The van der Waals surface area contributed by atoms with Crippen molar-refractivity contribution in [3.63, 3.8) is 0 Å². The van der Waals surface area contributed by atoms with Crippen molar-refractivity contribution >= 4 is 5.91 Å². The van der Waals surface area contributed by atoms with E-state index in [2.05, 4.69) is 45.9 Å². The van der Waals surface area contributed by atoms with E-state index in [-0.39, 0.29) is 30.0 Å². The molecule has 1 aromatic carbocycles. The summed E-state index contributed by atoms with van der Waals surface area (Å²) in [5.74, 6) is -0.676. The average molecular weight is 498 g/mol. The lowest BCUT2D eigenvalue weighted by molar-refractivity contribution is -0.129. The molecule has 36 heavy (non-hydrogen) atoms. The summed E-state index contributed by atoms with van der Waals surface area (Å²) in [5, 5.41) is 29.8. The molecule has 5 heteroatoms. The molecule has 0 aliphatic carbocycles. The molecule has 0 aliphatic rings. The summed E-state index contributed by atoms with van der Waals surface area (Å²) in [7, 11) is 0. The molecule has 1 atom stereocenters. The molecule has 1 rings (SSSR count). The van der Waals surface area contributed by atoms with Gasteiger partial charge >= 0.3 is 0 Å². The number of aliphatic hydroxyl groups is 1. The number of phenols is 2. The zero-order valence-corrected chi connectivity index (χ0v) is 23.3. The number of carbonyl (C=O) groups is 1. The van der Waals surface area contributed by atoms with Crippen LogP contribution in [0.2, 0.25) is 0 Å². The Morgan fingerprint density at radius 2 is 1.36 bits per heavy atom. The summed E-state index contributed by atoms with van der Waals surface area (Å²) < 4.78 is 0. The summed E-state index contributed by atoms with van der Waals surface area (Å²) in [5.41, 5.74) is 5.63. The second-order valence-electron chi connectivity index (χ2n) is 10.3. The molecule has 3 N–H and O–H groups in total. The predicted octanol–water partition coefficient (Wildman–Crippen LogP) is 7.51. The Morgan fingerprint density at radius 3 is 1.86 bits per heavy atom. The third-order valence-corrected chi connectivity index (χ3v) is 6.18.